The Hall–Kier alpha value is -1.09. The first-order valence-electron chi connectivity index (χ1n) is 5.60. The van der Waals surface area contributed by atoms with Crippen molar-refractivity contribution in [3.8, 4) is 0 Å². The van der Waals surface area contributed by atoms with Crippen LogP contribution in [-0.4, -0.2) is 23.2 Å². The average Bonchev–Trinajstić information content (AvgIpc) is 2.86. The summed E-state index contributed by atoms with van der Waals surface area (Å²) in [6.07, 6.45) is 1.42. The molecule has 1 saturated heterocycles. The molecule has 80 valence electrons. The summed E-state index contributed by atoms with van der Waals surface area (Å²) in [5.74, 6) is 2.95. The van der Waals surface area contributed by atoms with Crippen molar-refractivity contribution in [3.63, 3.8) is 0 Å². The number of aliphatic hydroxyl groups is 1. The van der Waals surface area contributed by atoms with Crippen LogP contribution in [0.1, 0.15) is 17.7 Å². The van der Waals surface area contributed by atoms with E-state index < -0.39 is 0 Å². The minimum absolute atomic E-state index is 0.0877. The third-order valence-electron chi connectivity index (χ3n) is 3.65. The van der Waals surface area contributed by atoms with Crippen LogP contribution in [0.4, 0.5) is 5.82 Å². The van der Waals surface area contributed by atoms with Crippen molar-refractivity contribution in [2.24, 2.45) is 11.8 Å². The summed E-state index contributed by atoms with van der Waals surface area (Å²) in [5.41, 5.74) is 1.89. The highest BCUT2D eigenvalue weighted by Gasteiger charge is 2.45. The van der Waals surface area contributed by atoms with E-state index in [1.165, 1.54) is 19.5 Å². The van der Waals surface area contributed by atoms with Gasteiger partial charge in [0.1, 0.15) is 5.82 Å². The summed E-state index contributed by atoms with van der Waals surface area (Å²) in [7, 11) is 0. The number of hydrogen-bond donors (Lipinski definition) is 1. The van der Waals surface area contributed by atoms with Gasteiger partial charge in [-0.1, -0.05) is 6.07 Å². The zero-order valence-electron chi connectivity index (χ0n) is 8.98. The number of nitrogens with zero attached hydrogens (tertiary/aromatic N) is 2. The Balaban J connectivity index is 1.83. The third-order valence-corrected chi connectivity index (χ3v) is 3.65. The zero-order chi connectivity index (χ0) is 10.4. The number of fused-ring (bicyclic) bond motifs is 1. The van der Waals surface area contributed by atoms with Gasteiger partial charge < -0.3 is 10.0 Å². The fourth-order valence-electron chi connectivity index (χ4n) is 2.51. The Morgan fingerprint density at radius 2 is 2.13 bits per heavy atom. The summed E-state index contributed by atoms with van der Waals surface area (Å²) in [6.45, 7) is 4.40. The van der Waals surface area contributed by atoms with E-state index >= 15 is 0 Å². The fourth-order valence-corrected chi connectivity index (χ4v) is 2.51. The molecule has 2 heterocycles. The van der Waals surface area contributed by atoms with Gasteiger partial charge in [-0.15, -0.1) is 0 Å². The lowest BCUT2D eigenvalue weighted by atomic mass is 10.2. The molecule has 0 aromatic carbocycles. The van der Waals surface area contributed by atoms with Gasteiger partial charge in [0, 0.05) is 18.8 Å². The molecule has 3 heteroatoms. The molecule has 1 N–H and O–H groups in total. The van der Waals surface area contributed by atoms with Crippen molar-refractivity contribution in [3.05, 3.63) is 23.4 Å². The van der Waals surface area contributed by atoms with Gasteiger partial charge in [-0.05, 0) is 36.8 Å². The van der Waals surface area contributed by atoms with Gasteiger partial charge in [0.05, 0.1) is 6.61 Å². The van der Waals surface area contributed by atoms with Crippen molar-refractivity contribution in [1.82, 2.24) is 4.98 Å². The SMILES string of the molecule is Cc1nc(N2CC3CC3C2)ccc1CO. The Morgan fingerprint density at radius 1 is 1.40 bits per heavy atom. The number of pyridine rings is 1. The van der Waals surface area contributed by atoms with Gasteiger partial charge in [0.15, 0.2) is 0 Å². The van der Waals surface area contributed by atoms with Crippen LogP contribution in [0, 0.1) is 18.8 Å². The Labute approximate surface area is 89.7 Å². The number of aliphatic hydroxyl groups excluding tert-OH is 1. The predicted molar refractivity (Wildman–Crippen MR) is 58.7 cm³/mol. The molecule has 3 rings (SSSR count). The van der Waals surface area contributed by atoms with E-state index in [9.17, 15) is 0 Å². The van der Waals surface area contributed by atoms with Crippen molar-refractivity contribution in [2.75, 3.05) is 18.0 Å². The van der Waals surface area contributed by atoms with E-state index in [1.54, 1.807) is 0 Å². The summed E-state index contributed by atoms with van der Waals surface area (Å²) >= 11 is 0. The number of hydrogen-bond acceptors (Lipinski definition) is 3. The molecule has 3 nitrogen and oxygen atoms in total. The second-order valence-electron chi connectivity index (χ2n) is 4.73. The number of aryl methyl sites for hydroxylation is 1. The molecule has 2 aliphatic rings. The summed E-state index contributed by atoms with van der Waals surface area (Å²) < 4.78 is 0. The average molecular weight is 204 g/mol. The molecule has 15 heavy (non-hydrogen) atoms. The number of anilines is 1. The van der Waals surface area contributed by atoms with Crippen LogP contribution >= 0.6 is 0 Å². The largest absolute Gasteiger partial charge is 0.392 e. The molecule has 2 unspecified atom stereocenters. The van der Waals surface area contributed by atoms with Crippen LogP contribution in [-0.2, 0) is 6.61 Å². The van der Waals surface area contributed by atoms with Crippen molar-refractivity contribution in [2.45, 2.75) is 20.0 Å². The first-order chi connectivity index (χ1) is 7.28. The van der Waals surface area contributed by atoms with Crippen molar-refractivity contribution < 1.29 is 5.11 Å². The highest BCUT2D eigenvalue weighted by molar-refractivity contribution is 5.44. The molecule has 1 aromatic rings. The van der Waals surface area contributed by atoms with Crippen LogP contribution in [0.3, 0.4) is 0 Å². The highest BCUT2D eigenvalue weighted by atomic mass is 16.3. The molecular weight excluding hydrogens is 188 g/mol. The van der Waals surface area contributed by atoms with Gasteiger partial charge >= 0.3 is 0 Å². The van der Waals surface area contributed by atoms with E-state index in [0.717, 1.165) is 28.9 Å². The molecule has 0 spiro atoms. The zero-order valence-corrected chi connectivity index (χ0v) is 8.98. The first-order valence-corrected chi connectivity index (χ1v) is 5.60. The Morgan fingerprint density at radius 3 is 2.73 bits per heavy atom. The molecule has 2 fully saturated rings. The number of piperidine rings is 1. The van der Waals surface area contributed by atoms with Crippen LogP contribution in [0.15, 0.2) is 12.1 Å². The Kier molecular flexibility index (Phi) is 1.96. The maximum absolute atomic E-state index is 9.07. The lowest BCUT2D eigenvalue weighted by molar-refractivity contribution is 0.280. The monoisotopic (exact) mass is 204 g/mol. The highest BCUT2D eigenvalue weighted by Crippen LogP contribution is 2.45. The summed E-state index contributed by atoms with van der Waals surface area (Å²) in [6, 6.07) is 4.02. The summed E-state index contributed by atoms with van der Waals surface area (Å²) in [4.78, 5) is 6.91. The van der Waals surface area contributed by atoms with Gasteiger partial charge in [0.2, 0.25) is 0 Å². The molecule has 2 atom stereocenters. The van der Waals surface area contributed by atoms with E-state index in [-0.39, 0.29) is 6.61 Å². The van der Waals surface area contributed by atoms with Gasteiger partial charge in [-0.2, -0.15) is 0 Å². The van der Waals surface area contributed by atoms with Gasteiger partial charge in [-0.3, -0.25) is 0 Å². The van der Waals surface area contributed by atoms with Crippen LogP contribution < -0.4 is 4.90 Å². The van der Waals surface area contributed by atoms with Gasteiger partial charge in [-0.25, -0.2) is 4.98 Å². The topological polar surface area (TPSA) is 36.4 Å². The van der Waals surface area contributed by atoms with Crippen molar-refractivity contribution in [1.29, 1.82) is 0 Å². The van der Waals surface area contributed by atoms with E-state index in [4.69, 9.17) is 5.11 Å². The lowest BCUT2D eigenvalue weighted by Gasteiger charge is -2.19. The number of aromatic nitrogens is 1. The number of rotatable bonds is 2. The molecular formula is C12H16N2O. The third kappa shape index (κ3) is 1.51. The minimum Gasteiger partial charge on any atom is -0.392 e. The minimum atomic E-state index is 0.0877. The smallest absolute Gasteiger partial charge is 0.128 e. The van der Waals surface area contributed by atoms with Crippen molar-refractivity contribution >= 4 is 5.82 Å². The molecule has 1 saturated carbocycles. The second kappa shape index (κ2) is 3.20. The quantitative estimate of drug-likeness (QED) is 0.789. The lowest BCUT2D eigenvalue weighted by Crippen LogP contribution is -2.23. The van der Waals surface area contributed by atoms with Crippen LogP contribution in [0.5, 0.6) is 0 Å². The maximum Gasteiger partial charge on any atom is 0.128 e. The normalized spacial score (nSPS) is 28.0. The molecule has 0 bridgehead atoms. The van der Waals surface area contributed by atoms with E-state index in [1.807, 2.05) is 19.1 Å². The maximum atomic E-state index is 9.07. The van der Waals surface area contributed by atoms with Crippen LogP contribution in [0.25, 0.3) is 0 Å². The van der Waals surface area contributed by atoms with Gasteiger partial charge in [0.25, 0.3) is 0 Å². The predicted octanol–water partition coefficient (Wildman–Crippen LogP) is 1.34. The molecule has 0 amide bonds. The molecule has 0 radical (unpaired) electrons. The van der Waals surface area contributed by atoms with E-state index in [2.05, 4.69) is 9.88 Å². The molecule has 1 aliphatic carbocycles. The molecule has 1 aliphatic heterocycles. The Bertz CT molecular complexity index is 381. The first kappa shape index (κ1) is 9.16. The summed E-state index contributed by atoms with van der Waals surface area (Å²) in [5, 5.41) is 9.07. The van der Waals surface area contributed by atoms with Crippen LogP contribution in [0.2, 0.25) is 0 Å². The molecule has 1 aromatic heterocycles. The standard InChI is InChI=1S/C12H16N2O/c1-8-9(7-15)2-3-12(13-8)14-5-10-4-11(10)6-14/h2-3,10-11,15H,4-7H2,1H3. The van der Waals surface area contributed by atoms with E-state index in [0.29, 0.717) is 0 Å². The fraction of sp³-hybridized carbons (Fsp3) is 0.583. The second-order valence-corrected chi connectivity index (χ2v) is 4.73.